The average molecular weight is 373 g/mol. The quantitative estimate of drug-likeness (QED) is 0.865. The zero-order valence-electron chi connectivity index (χ0n) is 14.9. The number of benzene rings is 2. The molecule has 2 N–H and O–H groups in total. The van der Waals surface area contributed by atoms with E-state index in [1.54, 1.807) is 30.9 Å². The maximum absolute atomic E-state index is 12.5. The van der Waals surface area contributed by atoms with E-state index < -0.39 is 10.0 Å². The van der Waals surface area contributed by atoms with Gasteiger partial charge in [-0.15, -0.1) is 0 Å². The van der Waals surface area contributed by atoms with E-state index in [2.05, 4.69) is 16.1 Å². The molecule has 138 valence electrons. The number of urea groups is 1. The van der Waals surface area contributed by atoms with Gasteiger partial charge in [0.1, 0.15) is 0 Å². The van der Waals surface area contributed by atoms with Crippen LogP contribution in [-0.2, 0) is 23.0 Å². The molecule has 6 nitrogen and oxygen atoms in total. The highest BCUT2D eigenvalue weighted by molar-refractivity contribution is 7.89. The minimum atomic E-state index is -3.53. The number of nitrogens with one attached hydrogen (secondary N) is 2. The monoisotopic (exact) mass is 373 g/mol. The van der Waals surface area contributed by atoms with Gasteiger partial charge in [-0.1, -0.05) is 24.3 Å². The molecule has 1 aliphatic heterocycles. The number of sulfonamides is 1. The van der Waals surface area contributed by atoms with Gasteiger partial charge in [0.15, 0.2) is 0 Å². The molecule has 2 aromatic rings. The SMILES string of the molecule is CC(C)NS(=O)(=O)c1ccc(NC(=O)N2CCc3ccccc3C2)cc1. The number of fused-ring (bicyclic) bond motifs is 1. The Balaban J connectivity index is 1.65. The molecular weight excluding hydrogens is 350 g/mol. The van der Waals surface area contributed by atoms with Gasteiger partial charge in [0.2, 0.25) is 10.0 Å². The van der Waals surface area contributed by atoms with Crippen molar-refractivity contribution in [3.63, 3.8) is 0 Å². The van der Waals surface area contributed by atoms with E-state index in [-0.39, 0.29) is 17.0 Å². The van der Waals surface area contributed by atoms with Crippen molar-refractivity contribution in [2.45, 2.75) is 37.8 Å². The molecule has 0 atom stereocenters. The summed E-state index contributed by atoms with van der Waals surface area (Å²) < 4.78 is 26.8. The molecule has 26 heavy (non-hydrogen) atoms. The Morgan fingerprint density at radius 2 is 1.69 bits per heavy atom. The average Bonchev–Trinajstić information content (AvgIpc) is 2.60. The summed E-state index contributed by atoms with van der Waals surface area (Å²) in [4.78, 5) is 14.4. The summed E-state index contributed by atoms with van der Waals surface area (Å²) in [6.07, 6.45) is 0.835. The lowest BCUT2D eigenvalue weighted by molar-refractivity contribution is 0.206. The number of amides is 2. The second kappa shape index (κ2) is 7.47. The van der Waals surface area contributed by atoms with Crippen LogP contribution in [0.1, 0.15) is 25.0 Å². The van der Waals surface area contributed by atoms with Crippen LogP contribution in [0.2, 0.25) is 0 Å². The van der Waals surface area contributed by atoms with Crippen molar-refractivity contribution in [1.29, 1.82) is 0 Å². The Morgan fingerprint density at radius 1 is 1.04 bits per heavy atom. The Labute approximate surface area is 154 Å². The minimum absolute atomic E-state index is 0.177. The normalized spacial score (nSPS) is 14.2. The predicted octanol–water partition coefficient (Wildman–Crippen LogP) is 2.96. The number of carbonyl (C=O) groups is 1. The van der Waals surface area contributed by atoms with Crippen LogP contribution < -0.4 is 10.0 Å². The van der Waals surface area contributed by atoms with Crippen LogP contribution in [0.25, 0.3) is 0 Å². The third-order valence-corrected chi connectivity index (χ3v) is 5.90. The van der Waals surface area contributed by atoms with Crippen LogP contribution in [0.5, 0.6) is 0 Å². The summed E-state index contributed by atoms with van der Waals surface area (Å²) in [5.74, 6) is 0. The summed E-state index contributed by atoms with van der Waals surface area (Å²) >= 11 is 0. The van der Waals surface area contributed by atoms with E-state index >= 15 is 0 Å². The Kier molecular flexibility index (Phi) is 5.29. The van der Waals surface area contributed by atoms with Crippen LogP contribution in [0.15, 0.2) is 53.4 Å². The highest BCUT2D eigenvalue weighted by Gasteiger charge is 2.21. The third kappa shape index (κ3) is 4.23. The van der Waals surface area contributed by atoms with Crippen molar-refractivity contribution in [1.82, 2.24) is 9.62 Å². The third-order valence-electron chi connectivity index (χ3n) is 4.22. The molecule has 0 bridgehead atoms. The largest absolute Gasteiger partial charge is 0.322 e. The van der Waals surface area contributed by atoms with E-state index in [1.165, 1.54) is 17.7 Å². The molecule has 0 aliphatic carbocycles. The molecule has 0 spiro atoms. The number of nitrogens with zero attached hydrogens (tertiary/aromatic N) is 1. The zero-order valence-corrected chi connectivity index (χ0v) is 15.7. The molecule has 0 fully saturated rings. The molecule has 0 unspecified atom stereocenters. The second-order valence-corrected chi connectivity index (χ2v) is 8.38. The molecule has 0 saturated carbocycles. The van der Waals surface area contributed by atoms with Gasteiger partial charge in [0.25, 0.3) is 0 Å². The molecule has 3 rings (SSSR count). The number of anilines is 1. The van der Waals surface area contributed by atoms with Gasteiger partial charge in [-0.3, -0.25) is 0 Å². The molecule has 0 aromatic heterocycles. The van der Waals surface area contributed by atoms with E-state index in [4.69, 9.17) is 0 Å². The highest BCUT2D eigenvalue weighted by atomic mass is 32.2. The summed E-state index contributed by atoms with van der Waals surface area (Å²) in [5.41, 5.74) is 3.01. The van der Waals surface area contributed by atoms with Crippen molar-refractivity contribution < 1.29 is 13.2 Å². The fourth-order valence-corrected chi connectivity index (χ4v) is 4.22. The lowest BCUT2D eigenvalue weighted by atomic mass is 10.0. The standard InChI is InChI=1S/C19H23N3O3S/c1-14(2)21-26(24,25)18-9-7-17(8-10-18)20-19(23)22-12-11-15-5-3-4-6-16(15)13-22/h3-10,14,21H,11-13H2,1-2H3,(H,20,23). The van der Waals surface area contributed by atoms with Crippen LogP contribution in [-0.4, -0.2) is 31.9 Å². The van der Waals surface area contributed by atoms with E-state index in [9.17, 15) is 13.2 Å². The second-order valence-electron chi connectivity index (χ2n) is 6.67. The van der Waals surface area contributed by atoms with Gasteiger partial charge < -0.3 is 10.2 Å². The number of rotatable bonds is 4. The van der Waals surface area contributed by atoms with Crippen LogP contribution in [0, 0.1) is 0 Å². The number of carbonyl (C=O) groups excluding carboxylic acids is 1. The molecule has 1 heterocycles. The van der Waals surface area contributed by atoms with E-state index in [0.717, 1.165) is 12.0 Å². The van der Waals surface area contributed by atoms with Crippen molar-refractivity contribution in [2.24, 2.45) is 0 Å². The van der Waals surface area contributed by atoms with E-state index in [1.807, 2.05) is 18.2 Å². The first-order valence-corrected chi connectivity index (χ1v) is 10.1. The molecule has 0 saturated heterocycles. The molecular formula is C19H23N3O3S. The molecule has 1 aliphatic rings. The van der Waals surface area contributed by atoms with Gasteiger partial charge in [-0.2, -0.15) is 0 Å². The molecule has 7 heteroatoms. The summed E-state index contributed by atoms with van der Waals surface area (Å²) in [5, 5.41) is 2.83. The first-order chi connectivity index (χ1) is 12.3. The molecule has 2 amide bonds. The Bertz CT molecular complexity index is 893. The highest BCUT2D eigenvalue weighted by Crippen LogP contribution is 2.20. The fourth-order valence-electron chi connectivity index (χ4n) is 2.97. The van der Waals surface area contributed by atoms with Crippen molar-refractivity contribution in [2.75, 3.05) is 11.9 Å². The lowest BCUT2D eigenvalue weighted by Gasteiger charge is -2.29. The Morgan fingerprint density at radius 3 is 2.35 bits per heavy atom. The molecule has 2 aromatic carbocycles. The van der Waals surface area contributed by atoms with Gasteiger partial charge in [0, 0.05) is 24.8 Å². The first-order valence-electron chi connectivity index (χ1n) is 8.60. The number of hydrogen-bond acceptors (Lipinski definition) is 3. The summed E-state index contributed by atoms with van der Waals surface area (Å²) in [6.45, 7) is 4.77. The van der Waals surface area contributed by atoms with Gasteiger partial charge in [-0.05, 0) is 55.7 Å². The molecule has 0 radical (unpaired) electrons. The predicted molar refractivity (Wildman–Crippen MR) is 101 cm³/mol. The summed E-state index contributed by atoms with van der Waals surface area (Å²) in [7, 11) is -3.53. The van der Waals surface area contributed by atoms with E-state index in [0.29, 0.717) is 18.8 Å². The van der Waals surface area contributed by atoms with Crippen LogP contribution in [0.3, 0.4) is 0 Å². The van der Waals surface area contributed by atoms with Crippen molar-refractivity contribution in [3.05, 3.63) is 59.7 Å². The first kappa shape index (κ1) is 18.4. The maximum Gasteiger partial charge on any atom is 0.322 e. The van der Waals surface area contributed by atoms with Crippen molar-refractivity contribution >= 4 is 21.7 Å². The Hall–Kier alpha value is -2.38. The van der Waals surface area contributed by atoms with Gasteiger partial charge in [0.05, 0.1) is 4.90 Å². The van der Waals surface area contributed by atoms with Crippen molar-refractivity contribution in [3.8, 4) is 0 Å². The van der Waals surface area contributed by atoms with Gasteiger partial charge in [-0.25, -0.2) is 17.9 Å². The minimum Gasteiger partial charge on any atom is -0.320 e. The lowest BCUT2D eigenvalue weighted by Crippen LogP contribution is -2.38. The van der Waals surface area contributed by atoms with Gasteiger partial charge >= 0.3 is 6.03 Å². The number of hydrogen-bond donors (Lipinski definition) is 2. The smallest absolute Gasteiger partial charge is 0.320 e. The van der Waals surface area contributed by atoms with Crippen LogP contribution in [0.4, 0.5) is 10.5 Å². The zero-order chi connectivity index (χ0) is 18.7. The topological polar surface area (TPSA) is 78.5 Å². The summed E-state index contributed by atoms with van der Waals surface area (Å²) in [6, 6.07) is 13.9. The maximum atomic E-state index is 12.5. The van der Waals surface area contributed by atoms with Crippen LogP contribution >= 0.6 is 0 Å². The fraction of sp³-hybridized carbons (Fsp3) is 0.316.